The number of benzene rings is 2. The average Bonchev–Trinajstić information content (AvgIpc) is 2.96. The Labute approximate surface area is 141 Å². The molecule has 1 unspecified atom stereocenters. The molecule has 2 aromatic rings. The lowest BCUT2D eigenvalue weighted by atomic mass is 9.95. The van der Waals surface area contributed by atoms with Crippen LogP contribution < -0.4 is 9.64 Å². The highest BCUT2D eigenvalue weighted by Gasteiger charge is 2.30. The molecule has 0 spiro atoms. The molecule has 2 heterocycles. The molecule has 122 valence electrons. The maximum absolute atomic E-state index is 12.3. The average molecular weight is 321 g/mol. The molecular weight excluding hydrogens is 302 g/mol. The highest BCUT2D eigenvalue weighted by atomic mass is 16.5. The van der Waals surface area contributed by atoms with Crippen molar-refractivity contribution in [2.45, 2.75) is 19.3 Å². The van der Waals surface area contributed by atoms with Gasteiger partial charge in [0.05, 0.1) is 12.2 Å². The molecule has 4 nitrogen and oxygen atoms in total. The number of rotatable bonds is 3. The number of para-hydroxylation sites is 1. The molecule has 1 fully saturated rings. The van der Waals surface area contributed by atoms with Crippen molar-refractivity contribution >= 4 is 17.4 Å². The Morgan fingerprint density at radius 1 is 1.08 bits per heavy atom. The van der Waals surface area contributed by atoms with Crippen LogP contribution in [0.1, 0.15) is 28.8 Å². The summed E-state index contributed by atoms with van der Waals surface area (Å²) in [6.07, 6.45) is 1.83. The number of carbonyl (C=O) groups excluding carboxylic acids is 2. The van der Waals surface area contributed by atoms with Crippen LogP contribution in [0.25, 0.3) is 0 Å². The molecule has 0 aromatic heterocycles. The van der Waals surface area contributed by atoms with Gasteiger partial charge in [-0.2, -0.15) is 0 Å². The number of nitrogens with zero attached hydrogens (tertiary/aromatic N) is 1. The zero-order valence-electron chi connectivity index (χ0n) is 13.4. The topological polar surface area (TPSA) is 46.6 Å². The molecule has 1 saturated heterocycles. The molecular formula is C20H19NO3. The van der Waals surface area contributed by atoms with E-state index in [1.807, 2.05) is 53.4 Å². The van der Waals surface area contributed by atoms with Crippen LogP contribution in [0, 0.1) is 5.92 Å². The van der Waals surface area contributed by atoms with Crippen LogP contribution in [-0.4, -0.2) is 24.8 Å². The number of amides is 1. The maximum atomic E-state index is 12.3. The molecule has 0 saturated carbocycles. The van der Waals surface area contributed by atoms with E-state index in [4.69, 9.17) is 4.74 Å². The van der Waals surface area contributed by atoms with Gasteiger partial charge in [0.2, 0.25) is 5.91 Å². The Kier molecular flexibility index (Phi) is 3.81. The fourth-order valence-corrected chi connectivity index (χ4v) is 3.54. The second-order valence-corrected chi connectivity index (χ2v) is 6.47. The predicted octanol–water partition coefficient (Wildman–Crippen LogP) is 3.25. The summed E-state index contributed by atoms with van der Waals surface area (Å²) in [5, 5.41) is 0. The summed E-state index contributed by atoms with van der Waals surface area (Å²) in [4.78, 5) is 26.0. The summed E-state index contributed by atoms with van der Waals surface area (Å²) in [6, 6.07) is 15.6. The second kappa shape index (κ2) is 6.11. The second-order valence-electron chi connectivity index (χ2n) is 6.47. The molecule has 0 N–H and O–H groups in total. The van der Waals surface area contributed by atoms with Crippen LogP contribution in [0.5, 0.6) is 5.75 Å². The van der Waals surface area contributed by atoms with Gasteiger partial charge >= 0.3 is 0 Å². The molecule has 1 atom stereocenters. The Morgan fingerprint density at radius 3 is 2.75 bits per heavy atom. The Bertz CT molecular complexity index is 785. The van der Waals surface area contributed by atoms with E-state index in [1.54, 1.807) is 0 Å². The van der Waals surface area contributed by atoms with Gasteiger partial charge in [0.15, 0.2) is 5.78 Å². The minimum Gasteiger partial charge on any atom is -0.492 e. The zero-order chi connectivity index (χ0) is 16.5. The van der Waals surface area contributed by atoms with E-state index in [2.05, 4.69) is 0 Å². The molecule has 0 radical (unpaired) electrons. The van der Waals surface area contributed by atoms with Crippen molar-refractivity contribution in [3.63, 3.8) is 0 Å². The first-order valence-electron chi connectivity index (χ1n) is 8.35. The third-order valence-corrected chi connectivity index (χ3v) is 4.73. The third kappa shape index (κ3) is 2.80. The summed E-state index contributed by atoms with van der Waals surface area (Å²) >= 11 is 0. The Hall–Kier alpha value is -2.62. The number of hydrogen-bond donors (Lipinski definition) is 0. The van der Waals surface area contributed by atoms with Crippen LogP contribution in [0.3, 0.4) is 0 Å². The van der Waals surface area contributed by atoms with Crippen molar-refractivity contribution in [3.8, 4) is 5.75 Å². The van der Waals surface area contributed by atoms with E-state index in [0.717, 1.165) is 24.2 Å². The van der Waals surface area contributed by atoms with Crippen LogP contribution in [0.15, 0.2) is 48.5 Å². The number of ketones is 1. The first-order valence-corrected chi connectivity index (χ1v) is 8.35. The van der Waals surface area contributed by atoms with Gasteiger partial charge in [-0.3, -0.25) is 9.59 Å². The number of hydrogen-bond acceptors (Lipinski definition) is 3. The largest absolute Gasteiger partial charge is 0.492 e. The Morgan fingerprint density at radius 2 is 1.92 bits per heavy atom. The molecule has 2 aromatic carbocycles. The number of ether oxygens (including phenoxy) is 1. The molecule has 4 heteroatoms. The SMILES string of the molecule is O=C1CCOc2cc(CC3CC(=O)N(c4ccccc4)C3)ccc21. The first-order chi connectivity index (χ1) is 11.7. The molecule has 2 aliphatic rings. The van der Waals surface area contributed by atoms with E-state index in [-0.39, 0.29) is 17.6 Å². The zero-order valence-corrected chi connectivity index (χ0v) is 13.4. The molecule has 0 bridgehead atoms. The van der Waals surface area contributed by atoms with Crippen molar-refractivity contribution in [1.29, 1.82) is 0 Å². The van der Waals surface area contributed by atoms with Crippen molar-refractivity contribution in [1.82, 2.24) is 0 Å². The number of fused-ring (bicyclic) bond motifs is 1. The van der Waals surface area contributed by atoms with Gasteiger partial charge in [0, 0.05) is 25.1 Å². The van der Waals surface area contributed by atoms with Crippen LogP contribution in [0.4, 0.5) is 5.69 Å². The van der Waals surface area contributed by atoms with Crippen LogP contribution in [0.2, 0.25) is 0 Å². The maximum Gasteiger partial charge on any atom is 0.227 e. The van der Waals surface area contributed by atoms with E-state index in [1.165, 1.54) is 0 Å². The summed E-state index contributed by atoms with van der Waals surface area (Å²) in [6.45, 7) is 1.19. The standard InChI is InChI=1S/C20H19NO3/c22-18-8-9-24-19-11-14(6-7-17(18)19)10-15-12-20(23)21(13-15)16-4-2-1-3-5-16/h1-7,11,15H,8-10,12-13H2. The third-order valence-electron chi connectivity index (χ3n) is 4.73. The van der Waals surface area contributed by atoms with E-state index in [0.29, 0.717) is 30.8 Å². The van der Waals surface area contributed by atoms with Gasteiger partial charge in [0.1, 0.15) is 5.75 Å². The van der Waals surface area contributed by atoms with Crippen molar-refractivity contribution in [2.24, 2.45) is 5.92 Å². The summed E-state index contributed by atoms with van der Waals surface area (Å²) in [5.74, 6) is 1.30. The van der Waals surface area contributed by atoms with Gasteiger partial charge in [0.25, 0.3) is 0 Å². The van der Waals surface area contributed by atoms with Crippen LogP contribution >= 0.6 is 0 Å². The molecule has 2 aliphatic heterocycles. The predicted molar refractivity (Wildman–Crippen MR) is 91.5 cm³/mol. The smallest absolute Gasteiger partial charge is 0.227 e. The fraction of sp³-hybridized carbons (Fsp3) is 0.300. The fourth-order valence-electron chi connectivity index (χ4n) is 3.54. The van der Waals surface area contributed by atoms with Gasteiger partial charge in [-0.15, -0.1) is 0 Å². The van der Waals surface area contributed by atoms with E-state index < -0.39 is 0 Å². The quantitative estimate of drug-likeness (QED) is 0.872. The first kappa shape index (κ1) is 14.9. The normalized spacial score (nSPS) is 20.0. The highest BCUT2D eigenvalue weighted by molar-refractivity contribution is 5.99. The van der Waals surface area contributed by atoms with Crippen molar-refractivity contribution in [3.05, 3.63) is 59.7 Å². The van der Waals surface area contributed by atoms with Gasteiger partial charge in [-0.25, -0.2) is 0 Å². The molecule has 1 amide bonds. The lowest BCUT2D eigenvalue weighted by Gasteiger charge is -2.18. The van der Waals surface area contributed by atoms with Crippen molar-refractivity contribution < 1.29 is 14.3 Å². The summed E-state index contributed by atoms with van der Waals surface area (Å²) < 4.78 is 5.61. The number of carbonyl (C=O) groups is 2. The van der Waals surface area contributed by atoms with Crippen molar-refractivity contribution in [2.75, 3.05) is 18.1 Å². The molecule has 24 heavy (non-hydrogen) atoms. The summed E-state index contributed by atoms with van der Waals surface area (Å²) in [7, 11) is 0. The minimum atomic E-state index is 0.147. The van der Waals surface area contributed by atoms with E-state index in [9.17, 15) is 9.59 Å². The highest BCUT2D eigenvalue weighted by Crippen LogP contribution is 2.30. The summed E-state index contributed by atoms with van der Waals surface area (Å²) in [5.41, 5.74) is 2.76. The lowest BCUT2D eigenvalue weighted by Crippen LogP contribution is -2.24. The Balaban J connectivity index is 1.49. The minimum absolute atomic E-state index is 0.147. The monoisotopic (exact) mass is 321 g/mol. The van der Waals surface area contributed by atoms with Crippen LogP contribution in [-0.2, 0) is 11.2 Å². The molecule has 4 rings (SSSR count). The van der Waals surface area contributed by atoms with E-state index >= 15 is 0 Å². The lowest BCUT2D eigenvalue weighted by molar-refractivity contribution is -0.117. The number of anilines is 1. The van der Waals surface area contributed by atoms with Gasteiger partial charge in [-0.1, -0.05) is 24.3 Å². The molecule has 0 aliphatic carbocycles. The van der Waals surface area contributed by atoms with Gasteiger partial charge < -0.3 is 9.64 Å². The van der Waals surface area contributed by atoms with Gasteiger partial charge in [-0.05, 0) is 42.2 Å². The number of Topliss-reactive ketones (excluding diaryl/α,β-unsaturated/α-hetero) is 1.